The number of hydrogen-bond acceptors (Lipinski definition) is 5. The van der Waals surface area contributed by atoms with Crippen molar-refractivity contribution in [2.75, 3.05) is 13.1 Å². The highest BCUT2D eigenvalue weighted by Crippen LogP contribution is 2.19. The van der Waals surface area contributed by atoms with Gasteiger partial charge in [0.1, 0.15) is 17.5 Å². The van der Waals surface area contributed by atoms with Gasteiger partial charge in [0, 0.05) is 38.2 Å². The van der Waals surface area contributed by atoms with Crippen molar-refractivity contribution in [1.29, 1.82) is 0 Å². The molecule has 7 nitrogen and oxygen atoms in total. The Morgan fingerprint density at radius 1 is 1.17 bits per heavy atom. The van der Waals surface area contributed by atoms with Gasteiger partial charge >= 0.3 is 0 Å². The topological polar surface area (TPSA) is 76.2 Å². The SMILES string of the molecule is C[C@@H](NC(=O)c1ccco1)c1nnc2n1CCN(Cc1c(F)cccc1F)CC2. The summed E-state index contributed by atoms with van der Waals surface area (Å²) in [6, 6.07) is 6.77. The summed E-state index contributed by atoms with van der Waals surface area (Å²) in [5.41, 5.74) is 0.0736. The lowest BCUT2D eigenvalue weighted by Gasteiger charge is -2.20. The predicted molar refractivity (Wildman–Crippen MR) is 100.0 cm³/mol. The number of aromatic nitrogens is 3. The molecule has 9 heteroatoms. The smallest absolute Gasteiger partial charge is 0.287 e. The number of carbonyl (C=O) groups is 1. The Labute approximate surface area is 166 Å². The largest absolute Gasteiger partial charge is 0.459 e. The van der Waals surface area contributed by atoms with Crippen LogP contribution in [0.1, 0.15) is 40.7 Å². The van der Waals surface area contributed by atoms with Crippen LogP contribution in [0.5, 0.6) is 0 Å². The number of benzene rings is 1. The van der Waals surface area contributed by atoms with E-state index in [1.54, 1.807) is 12.1 Å². The molecule has 29 heavy (non-hydrogen) atoms. The van der Waals surface area contributed by atoms with Crippen LogP contribution in [-0.4, -0.2) is 38.7 Å². The Morgan fingerprint density at radius 2 is 1.97 bits per heavy atom. The third kappa shape index (κ3) is 4.04. The van der Waals surface area contributed by atoms with Crippen molar-refractivity contribution in [3.05, 3.63) is 71.2 Å². The van der Waals surface area contributed by atoms with E-state index in [0.717, 1.165) is 5.82 Å². The number of hydrogen-bond donors (Lipinski definition) is 1. The minimum Gasteiger partial charge on any atom is -0.459 e. The first-order valence-electron chi connectivity index (χ1n) is 9.44. The van der Waals surface area contributed by atoms with Crippen LogP contribution in [0, 0.1) is 11.6 Å². The summed E-state index contributed by atoms with van der Waals surface area (Å²) in [5.74, 6) is 0.248. The minimum atomic E-state index is -0.538. The molecule has 0 aliphatic carbocycles. The first-order chi connectivity index (χ1) is 14.0. The molecule has 1 atom stereocenters. The van der Waals surface area contributed by atoms with Gasteiger partial charge in [0.15, 0.2) is 11.6 Å². The molecular formula is C20H21F2N5O2. The van der Waals surface area contributed by atoms with Crippen molar-refractivity contribution in [3.8, 4) is 0 Å². The van der Waals surface area contributed by atoms with Gasteiger partial charge < -0.3 is 14.3 Å². The molecule has 2 aromatic heterocycles. The van der Waals surface area contributed by atoms with E-state index in [-0.39, 0.29) is 29.8 Å². The number of halogens is 2. The number of carbonyl (C=O) groups excluding carboxylic acids is 1. The van der Waals surface area contributed by atoms with Crippen molar-refractivity contribution >= 4 is 5.91 Å². The van der Waals surface area contributed by atoms with Crippen LogP contribution >= 0.6 is 0 Å². The van der Waals surface area contributed by atoms with Gasteiger partial charge in [-0.15, -0.1) is 10.2 Å². The number of rotatable bonds is 5. The molecule has 1 aliphatic rings. The molecule has 0 saturated heterocycles. The highest BCUT2D eigenvalue weighted by molar-refractivity contribution is 5.91. The van der Waals surface area contributed by atoms with Crippen LogP contribution in [0.25, 0.3) is 0 Å². The Balaban J connectivity index is 1.44. The van der Waals surface area contributed by atoms with Crippen LogP contribution in [0.4, 0.5) is 8.78 Å². The lowest BCUT2D eigenvalue weighted by atomic mass is 10.2. The molecular weight excluding hydrogens is 380 g/mol. The monoisotopic (exact) mass is 401 g/mol. The fraction of sp³-hybridized carbons (Fsp3) is 0.350. The van der Waals surface area contributed by atoms with E-state index in [1.165, 1.54) is 24.5 Å². The summed E-state index contributed by atoms with van der Waals surface area (Å²) in [7, 11) is 0. The zero-order chi connectivity index (χ0) is 20.4. The highest BCUT2D eigenvalue weighted by atomic mass is 19.1. The number of furan rings is 1. The van der Waals surface area contributed by atoms with Gasteiger partial charge in [0.05, 0.1) is 12.3 Å². The van der Waals surface area contributed by atoms with Crippen LogP contribution < -0.4 is 5.32 Å². The number of amides is 1. The Morgan fingerprint density at radius 3 is 2.69 bits per heavy atom. The van der Waals surface area contributed by atoms with E-state index < -0.39 is 11.6 Å². The van der Waals surface area contributed by atoms with E-state index in [4.69, 9.17) is 4.42 Å². The normalized spacial score (nSPS) is 15.6. The maximum absolute atomic E-state index is 14.0. The van der Waals surface area contributed by atoms with Crippen molar-refractivity contribution in [2.45, 2.75) is 32.5 Å². The standard InChI is InChI=1S/C20H21F2N5O2/c1-13(23-20(28)17-6-3-11-29-17)19-25-24-18-7-8-26(9-10-27(18)19)12-14-15(21)4-2-5-16(14)22/h2-6,11,13H,7-10,12H2,1H3,(H,23,28)/t13-/m1/s1. The zero-order valence-corrected chi connectivity index (χ0v) is 15.9. The summed E-state index contributed by atoms with van der Waals surface area (Å²) in [6.07, 6.45) is 2.04. The molecule has 0 spiro atoms. The third-order valence-corrected chi connectivity index (χ3v) is 5.07. The molecule has 0 bridgehead atoms. The molecule has 1 N–H and O–H groups in total. The summed E-state index contributed by atoms with van der Waals surface area (Å²) < 4.78 is 35.0. The lowest BCUT2D eigenvalue weighted by molar-refractivity contribution is 0.0909. The van der Waals surface area contributed by atoms with E-state index in [9.17, 15) is 13.6 Å². The predicted octanol–water partition coefficient (Wildman–Crippen LogP) is 2.70. The van der Waals surface area contributed by atoms with E-state index in [1.807, 2.05) is 16.4 Å². The Kier molecular flexibility index (Phi) is 5.39. The van der Waals surface area contributed by atoms with Crippen molar-refractivity contribution < 1.29 is 18.0 Å². The summed E-state index contributed by atoms with van der Waals surface area (Å²) >= 11 is 0. The number of nitrogens with zero attached hydrogens (tertiary/aromatic N) is 4. The quantitative estimate of drug-likeness (QED) is 0.712. The van der Waals surface area contributed by atoms with Gasteiger partial charge in [-0.1, -0.05) is 6.07 Å². The van der Waals surface area contributed by atoms with Crippen molar-refractivity contribution in [1.82, 2.24) is 25.0 Å². The number of fused-ring (bicyclic) bond motifs is 1. The first kappa shape index (κ1) is 19.3. The second-order valence-corrected chi connectivity index (χ2v) is 7.02. The van der Waals surface area contributed by atoms with Gasteiger partial charge in [0.25, 0.3) is 5.91 Å². The molecule has 1 aromatic carbocycles. The molecule has 1 amide bonds. The first-order valence-corrected chi connectivity index (χ1v) is 9.44. The summed E-state index contributed by atoms with van der Waals surface area (Å²) in [4.78, 5) is 14.2. The van der Waals surface area contributed by atoms with Gasteiger partial charge in [-0.2, -0.15) is 0 Å². The maximum Gasteiger partial charge on any atom is 0.287 e. The molecule has 0 fully saturated rings. The third-order valence-electron chi connectivity index (χ3n) is 5.07. The molecule has 3 heterocycles. The molecule has 1 aliphatic heterocycles. The summed E-state index contributed by atoms with van der Waals surface area (Å²) in [5, 5.41) is 11.3. The van der Waals surface area contributed by atoms with Crippen LogP contribution in [0.3, 0.4) is 0 Å². The average molecular weight is 401 g/mol. The molecule has 3 aromatic rings. The van der Waals surface area contributed by atoms with Gasteiger partial charge in [-0.25, -0.2) is 8.78 Å². The fourth-order valence-corrected chi connectivity index (χ4v) is 3.51. The van der Waals surface area contributed by atoms with Crippen molar-refractivity contribution in [2.24, 2.45) is 0 Å². The van der Waals surface area contributed by atoms with E-state index in [0.29, 0.717) is 31.9 Å². The lowest BCUT2D eigenvalue weighted by Crippen LogP contribution is -2.30. The fourth-order valence-electron chi connectivity index (χ4n) is 3.51. The maximum atomic E-state index is 14.0. The zero-order valence-electron chi connectivity index (χ0n) is 15.9. The van der Waals surface area contributed by atoms with E-state index >= 15 is 0 Å². The molecule has 152 valence electrons. The summed E-state index contributed by atoms with van der Waals surface area (Å²) in [6.45, 7) is 3.78. The van der Waals surface area contributed by atoms with E-state index in [2.05, 4.69) is 15.5 Å². The second kappa shape index (κ2) is 8.12. The second-order valence-electron chi connectivity index (χ2n) is 7.02. The number of nitrogens with one attached hydrogen (secondary N) is 1. The van der Waals surface area contributed by atoms with Crippen LogP contribution in [0.2, 0.25) is 0 Å². The van der Waals surface area contributed by atoms with Gasteiger partial charge in [0.2, 0.25) is 0 Å². The van der Waals surface area contributed by atoms with Gasteiger partial charge in [-0.3, -0.25) is 9.69 Å². The van der Waals surface area contributed by atoms with Crippen LogP contribution in [0.15, 0.2) is 41.0 Å². The Hall–Kier alpha value is -3.07. The molecule has 0 unspecified atom stereocenters. The van der Waals surface area contributed by atoms with Gasteiger partial charge in [-0.05, 0) is 31.2 Å². The molecule has 0 radical (unpaired) electrons. The highest BCUT2D eigenvalue weighted by Gasteiger charge is 2.24. The molecule has 4 rings (SSSR count). The van der Waals surface area contributed by atoms with Crippen molar-refractivity contribution in [3.63, 3.8) is 0 Å². The minimum absolute atomic E-state index is 0.0736. The van der Waals surface area contributed by atoms with Crippen LogP contribution in [-0.2, 0) is 19.5 Å². The average Bonchev–Trinajstić information content (AvgIpc) is 3.33. The molecule has 0 saturated carbocycles. The Bertz CT molecular complexity index is 982.